The Bertz CT molecular complexity index is 654. The van der Waals surface area contributed by atoms with Crippen LogP contribution in [0.3, 0.4) is 0 Å². The van der Waals surface area contributed by atoms with Crippen LogP contribution in [-0.4, -0.2) is 29.8 Å². The van der Waals surface area contributed by atoms with Crippen LogP contribution in [0.5, 0.6) is 0 Å². The van der Waals surface area contributed by atoms with Gasteiger partial charge < -0.3 is 10.0 Å². The number of fused-ring (bicyclic) bond motifs is 1. The van der Waals surface area contributed by atoms with Crippen molar-refractivity contribution in [3.05, 3.63) is 36.0 Å². The minimum Gasteiger partial charge on any atom is -0.369 e. The highest BCUT2D eigenvalue weighted by Crippen LogP contribution is 2.51. The molecule has 1 heterocycles. The number of thioether (sulfide) groups is 1. The first-order chi connectivity index (χ1) is 11.3. The highest BCUT2D eigenvalue weighted by molar-refractivity contribution is 7.99. The Morgan fingerprint density at radius 2 is 1.72 bits per heavy atom. The Kier molecular flexibility index (Phi) is 5.13. The molecule has 0 aromatic heterocycles. The summed E-state index contributed by atoms with van der Waals surface area (Å²) in [6.07, 6.45) is -11.8. The van der Waals surface area contributed by atoms with Crippen molar-refractivity contribution >= 4 is 17.4 Å². The summed E-state index contributed by atoms with van der Waals surface area (Å²) in [5, 5.41) is 9.53. The Labute approximate surface area is 145 Å². The molecule has 0 amide bonds. The number of alkyl halides is 6. The van der Waals surface area contributed by atoms with Gasteiger partial charge in [0.2, 0.25) is 0 Å². The molecule has 0 saturated carbocycles. The van der Waals surface area contributed by atoms with E-state index in [9.17, 15) is 31.4 Å². The lowest BCUT2D eigenvalue weighted by Gasteiger charge is -2.36. The number of benzene rings is 1. The van der Waals surface area contributed by atoms with Crippen molar-refractivity contribution in [1.29, 1.82) is 0 Å². The summed E-state index contributed by atoms with van der Waals surface area (Å²) in [5.41, 5.74) is -4.94. The Balaban J connectivity index is 2.56. The van der Waals surface area contributed by atoms with E-state index < -0.39 is 23.5 Å². The second-order valence-electron chi connectivity index (χ2n) is 6.03. The molecule has 25 heavy (non-hydrogen) atoms. The van der Waals surface area contributed by atoms with Gasteiger partial charge in [0.05, 0.1) is 5.69 Å². The first kappa shape index (κ1) is 20.0. The molecule has 1 aromatic rings. The predicted octanol–water partition coefficient (Wildman–Crippen LogP) is 5.08. The summed E-state index contributed by atoms with van der Waals surface area (Å²) < 4.78 is 78.2. The van der Waals surface area contributed by atoms with E-state index in [2.05, 4.69) is 6.58 Å². The molecule has 140 valence electrons. The van der Waals surface area contributed by atoms with Gasteiger partial charge >= 0.3 is 12.4 Å². The number of nitrogens with zero attached hydrogens (tertiary/aromatic N) is 1. The molecule has 0 atom stereocenters. The molecule has 0 fully saturated rings. The Hall–Kier alpha value is -1.35. The number of anilines is 1. The zero-order chi connectivity index (χ0) is 19.2. The van der Waals surface area contributed by atoms with Crippen molar-refractivity contribution in [1.82, 2.24) is 0 Å². The molecule has 2 rings (SSSR count). The van der Waals surface area contributed by atoms with Gasteiger partial charge in [-0.15, -0.1) is 11.8 Å². The Morgan fingerprint density at radius 3 is 2.20 bits per heavy atom. The maximum Gasteiger partial charge on any atom is 0.430 e. The van der Waals surface area contributed by atoms with Crippen molar-refractivity contribution in [2.45, 2.75) is 36.7 Å². The molecular formula is C16H17F6NOS. The fraction of sp³-hybridized carbons (Fsp3) is 0.500. The molecule has 0 radical (unpaired) electrons. The van der Waals surface area contributed by atoms with Crippen molar-refractivity contribution < 1.29 is 31.4 Å². The summed E-state index contributed by atoms with van der Waals surface area (Å²) in [7, 11) is 0. The summed E-state index contributed by atoms with van der Waals surface area (Å²) in [4.78, 5) is 2.03. The summed E-state index contributed by atoms with van der Waals surface area (Å²) >= 11 is 1.14. The van der Waals surface area contributed by atoms with E-state index in [0.29, 0.717) is 24.1 Å². The van der Waals surface area contributed by atoms with Crippen LogP contribution in [0.25, 0.3) is 0 Å². The van der Waals surface area contributed by atoms with E-state index in [1.807, 2.05) is 13.8 Å². The molecule has 1 aliphatic rings. The molecule has 0 aliphatic carbocycles. The van der Waals surface area contributed by atoms with Gasteiger partial charge in [0.15, 0.2) is 0 Å². The zero-order valence-corrected chi connectivity index (χ0v) is 14.3. The molecule has 1 aromatic carbocycles. The van der Waals surface area contributed by atoms with Gasteiger partial charge in [-0.05, 0) is 18.1 Å². The van der Waals surface area contributed by atoms with Crippen molar-refractivity contribution in [3.63, 3.8) is 0 Å². The minimum absolute atomic E-state index is 0.0675. The highest BCUT2D eigenvalue weighted by Gasteiger charge is 2.71. The van der Waals surface area contributed by atoms with Crippen LogP contribution in [0.15, 0.2) is 35.4 Å². The summed E-state index contributed by atoms with van der Waals surface area (Å²) in [6.45, 7) is 8.27. The van der Waals surface area contributed by atoms with Gasteiger partial charge in [0.25, 0.3) is 5.60 Å². The number of halogens is 6. The van der Waals surface area contributed by atoms with E-state index in [0.717, 1.165) is 23.5 Å². The third-order valence-electron chi connectivity index (χ3n) is 4.07. The van der Waals surface area contributed by atoms with Crippen LogP contribution in [0.2, 0.25) is 0 Å². The van der Waals surface area contributed by atoms with Crippen LogP contribution in [0.1, 0.15) is 19.4 Å². The quantitative estimate of drug-likeness (QED) is 0.734. The van der Waals surface area contributed by atoms with Crippen LogP contribution < -0.4 is 4.90 Å². The molecule has 2 nitrogen and oxygen atoms in total. The maximum absolute atomic E-state index is 13.0. The molecule has 0 spiro atoms. The summed E-state index contributed by atoms with van der Waals surface area (Å²) in [5.74, 6) is 0.552. The second-order valence-corrected chi connectivity index (χ2v) is 7.17. The number of hydrogen-bond acceptors (Lipinski definition) is 3. The number of aliphatic hydroxyl groups is 1. The number of hydrogen-bond donors (Lipinski definition) is 1. The molecule has 0 unspecified atom stereocenters. The van der Waals surface area contributed by atoms with Crippen LogP contribution in [0, 0.1) is 5.92 Å². The van der Waals surface area contributed by atoms with Crippen LogP contribution >= 0.6 is 11.8 Å². The van der Waals surface area contributed by atoms with E-state index in [1.54, 1.807) is 4.90 Å². The highest BCUT2D eigenvalue weighted by atomic mass is 32.2. The molecule has 1 aliphatic heterocycles. The van der Waals surface area contributed by atoms with Crippen molar-refractivity contribution in [3.8, 4) is 0 Å². The van der Waals surface area contributed by atoms with Crippen LogP contribution in [-0.2, 0) is 5.60 Å². The zero-order valence-electron chi connectivity index (χ0n) is 13.5. The van der Waals surface area contributed by atoms with E-state index in [1.165, 1.54) is 6.07 Å². The fourth-order valence-electron chi connectivity index (χ4n) is 2.54. The lowest BCUT2D eigenvalue weighted by atomic mass is 9.92. The monoisotopic (exact) mass is 385 g/mol. The number of allylic oxidation sites excluding steroid dienone is 1. The van der Waals surface area contributed by atoms with Crippen molar-refractivity contribution in [2.24, 2.45) is 5.92 Å². The van der Waals surface area contributed by atoms with Gasteiger partial charge in [-0.2, -0.15) is 26.3 Å². The van der Waals surface area contributed by atoms with Crippen molar-refractivity contribution in [2.75, 3.05) is 17.2 Å². The topological polar surface area (TPSA) is 23.5 Å². The van der Waals surface area contributed by atoms with Gasteiger partial charge in [0, 0.05) is 28.5 Å². The second kappa shape index (κ2) is 6.42. The first-order valence-electron chi connectivity index (χ1n) is 7.40. The van der Waals surface area contributed by atoms with E-state index in [4.69, 9.17) is 0 Å². The van der Waals surface area contributed by atoms with E-state index >= 15 is 0 Å². The normalized spacial score (nSPS) is 16.2. The van der Waals surface area contributed by atoms with Gasteiger partial charge in [-0.3, -0.25) is 0 Å². The van der Waals surface area contributed by atoms with Gasteiger partial charge in [-0.1, -0.05) is 26.5 Å². The summed E-state index contributed by atoms with van der Waals surface area (Å²) in [6, 6.07) is 2.61. The van der Waals surface area contributed by atoms with Crippen LogP contribution in [0.4, 0.5) is 32.0 Å². The molecule has 9 heteroatoms. The lowest BCUT2D eigenvalue weighted by Crippen LogP contribution is -2.54. The molecule has 0 bridgehead atoms. The van der Waals surface area contributed by atoms with Gasteiger partial charge in [0.1, 0.15) is 0 Å². The third-order valence-corrected chi connectivity index (χ3v) is 5.10. The minimum atomic E-state index is -5.89. The SMILES string of the molecule is C=C(C(C)C)N1CCSc2cc(C(O)(C(F)(F)F)C(F)(F)F)ccc21. The largest absolute Gasteiger partial charge is 0.430 e. The Morgan fingerprint density at radius 1 is 1.16 bits per heavy atom. The smallest absolute Gasteiger partial charge is 0.369 e. The lowest BCUT2D eigenvalue weighted by molar-refractivity contribution is -0.376. The van der Waals surface area contributed by atoms with E-state index in [-0.39, 0.29) is 10.8 Å². The average molecular weight is 385 g/mol. The number of rotatable bonds is 3. The third kappa shape index (κ3) is 3.36. The molecule has 1 N–H and O–H groups in total. The average Bonchev–Trinajstić information content (AvgIpc) is 2.49. The van der Waals surface area contributed by atoms with Gasteiger partial charge in [-0.25, -0.2) is 0 Å². The predicted molar refractivity (Wildman–Crippen MR) is 84.5 cm³/mol. The first-order valence-corrected chi connectivity index (χ1v) is 8.38. The molecule has 0 saturated heterocycles. The molecular weight excluding hydrogens is 368 g/mol. The standard InChI is InChI=1S/C16H17F6NOS/c1-9(2)10(3)23-6-7-25-13-8-11(4-5-12(13)23)14(24,15(17,18)19)16(20,21)22/h4-5,8-9,24H,3,6-7H2,1-2H3. The fourth-order valence-corrected chi connectivity index (χ4v) is 3.57. The maximum atomic E-state index is 13.0.